The number of amides is 2. The van der Waals surface area contributed by atoms with E-state index in [2.05, 4.69) is 31.3 Å². The molecule has 3 N–H and O–H groups in total. The maximum Gasteiger partial charge on any atom is 0.251 e. The Morgan fingerprint density at radius 2 is 1.78 bits per heavy atom. The van der Waals surface area contributed by atoms with E-state index in [1.54, 1.807) is 24.3 Å². The summed E-state index contributed by atoms with van der Waals surface area (Å²) in [6, 6.07) is 12.7. The highest BCUT2D eigenvalue weighted by Crippen LogP contribution is 2.22. The Kier molecular flexibility index (Phi) is 5.93. The largest absolute Gasteiger partial charge is 0.343 e. The molecule has 0 atom stereocenters. The molecule has 9 heteroatoms. The molecular weight excluding hydrogens is 434 g/mol. The van der Waals surface area contributed by atoms with Crippen LogP contribution in [0.4, 0.5) is 5.69 Å². The van der Waals surface area contributed by atoms with E-state index < -0.39 is 15.9 Å². The zero-order chi connectivity index (χ0) is 19.4. The number of rotatable bonds is 7. The Hall–Kier alpha value is -2.23. The third-order valence-corrected chi connectivity index (χ3v) is 5.89. The molecule has 3 rings (SSSR count). The van der Waals surface area contributed by atoms with E-state index in [1.807, 2.05) is 0 Å². The molecule has 7 nitrogen and oxygen atoms in total. The van der Waals surface area contributed by atoms with E-state index in [0.29, 0.717) is 5.69 Å². The highest BCUT2D eigenvalue weighted by atomic mass is 79.9. The van der Waals surface area contributed by atoms with Gasteiger partial charge in [-0.1, -0.05) is 22.0 Å². The molecule has 0 spiro atoms. The quantitative estimate of drug-likeness (QED) is 0.600. The molecule has 1 fully saturated rings. The van der Waals surface area contributed by atoms with Gasteiger partial charge in [0.05, 0.1) is 11.4 Å². The van der Waals surface area contributed by atoms with Crippen LogP contribution in [0.3, 0.4) is 0 Å². The molecule has 0 bridgehead atoms. The first kappa shape index (κ1) is 19.5. The maximum absolute atomic E-state index is 12.2. The summed E-state index contributed by atoms with van der Waals surface area (Å²) in [5.74, 6) is -0.908. The smallest absolute Gasteiger partial charge is 0.251 e. The molecule has 2 aromatic carbocycles. The number of halogens is 1. The number of carbonyl (C=O) groups is 2. The first-order chi connectivity index (χ1) is 12.8. The number of nitrogens with one attached hydrogen (secondary N) is 3. The number of benzene rings is 2. The lowest BCUT2D eigenvalue weighted by atomic mass is 10.2. The minimum atomic E-state index is -3.64. The molecule has 0 saturated heterocycles. The average molecular weight is 452 g/mol. The van der Waals surface area contributed by atoms with Crippen LogP contribution in [0.1, 0.15) is 23.2 Å². The number of sulfonamides is 1. The summed E-state index contributed by atoms with van der Waals surface area (Å²) in [6.45, 7) is -0.230. The maximum atomic E-state index is 12.2. The van der Waals surface area contributed by atoms with Gasteiger partial charge in [-0.25, -0.2) is 13.1 Å². The molecule has 1 aliphatic rings. The van der Waals surface area contributed by atoms with Crippen molar-refractivity contribution in [2.75, 3.05) is 11.9 Å². The summed E-state index contributed by atoms with van der Waals surface area (Å²) in [5.41, 5.74) is 0.779. The van der Waals surface area contributed by atoms with Crippen molar-refractivity contribution in [2.24, 2.45) is 0 Å². The zero-order valence-corrected chi connectivity index (χ0v) is 16.6. The van der Waals surface area contributed by atoms with Crippen molar-refractivity contribution < 1.29 is 18.0 Å². The van der Waals surface area contributed by atoms with Crippen molar-refractivity contribution in [1.82, 2.24) is 10.0 Å². The van der Waals surface area contributed by atoms with Gasteiger partial charge in [-0.05, 0) is 55.3 Å². The van der Waals surface area contributed by atoms with E-state index in [-0.39, 0.29) is 29.0 Å². The highest BCUT2D eigenvalue weighted by molar-refractivity contribution is 9.10. The van der Waals surface area contributed by atoms with E-state index in [1.165, 1.54) is 24.3 Å². The Labute approximate surface area is 165 Å². The van der Waals surface area contributed by atoms with Gasteiger partial charge in [-0.2, -0.15) is 0 Å². The lowest BCUT2D eigenvalue weighted by Crippen LogP contribution is -2.33. The van der Waals surface area contributed by atoms with Gasteiger partial charge in [0.1, 0.15) is 0 Å². The molecule has 1 aliphatic carbocycles. The highest BCUT2D eigenvalue weighted by Gasteiger charge is 2.28. The van der Waals surface area contributed by atoms with Crippen LogP contribution in [0, 0.1) is 0 Å². The molecule has 0 radical (unpaired) electrons. The summed E-state index contributed by atoms with van der Waals surface area (Å²) in [4.78, 5) is 24.2. The molecule has 0 heterocycles. The lowest BCUT2D eigenvalue weighted by molar-refractivity contribution is -0.115. The monoisotopic (exact) mass is 451 g/mol. The van der Waals surface area contributed by atoms with Crippen LogP contribution in [0.25, 0.3) is 0 Å². The van der Waals surface area contributed by atoms with Gasteiger partial charge in [0.25, 0.3) is 5.91 Å². The first-order valence-electron chi connectivity index (χ1n) is 8.29. The Balaban J connectivity index is 1.58. The van der Waals surface area contributed by atoms with Crippen LogP contribution >= 0.6 is 15.9 Å². The van der Waals surface area contributed by atoms with Crippen LogP contribution in [0.2, 0.25) is 0 Å². The SMILES string of the molecule is O=C(CNC(=O)c1cccc(S(=O)(=O)NC2CC2)c1)Nc1ccc(Br)cc1. The minimum absolute atomic E-state index is 0.0187. The fourth-order valence-corrected chi connectivity index (χ4v) is 3.91. The molecule has 1 saturated carbocycles. The van der Waals surface area contributed by atoms with Crippen LogP contribution in [-0.4, -0.2) is 32.8 Å². The number of hydrogen-bond donors (Lipinski definition) is 3. The standard InChI is InChI=1S/C18H18BrN3O4S/c19-13-4-6-14(7-5-13)21-17(23)11-20-18(24)12-2-1-3-16(10-12)27(25,26)22-15-8-9-15/h1-7,10,15,22H,8-9,11H2,(H,20,24)(H,21,23). The van der Waals surface area contributed by atoms with Crippen LogP contribution < -0.4 is 15.4 Å². The minimum Gasteiger partial charge on any atom is -0.343 e. The normalized spacial score (nSPS) is 13.8. The van der Waals surface area contributed by atoms with E-state index >= 15 is 0 Å². The topological polar surface area (TPSA) is 104 Å². The van der Waals surface area contributed by atoms with Gasteiger partial charge in [-0.15, -0.1) is 0 Å². The summed E-state index contributed by atoms with van der Waals surface area (Å²) >= 11 is 3.31. The summed E-state index contributed by atoms with van der Waals surface area (Å²) in [6.07, 6.45) is 1.65. The lowest BCUT2D eigenvalue weighted by Gasteiger charge is -2.09. The predicted octanol–water partition coefficient (Wildman–Crippen LogP) is 2.26. The fraction of sp³-hybridized carbons (Fsp3) is 0.222. The third kappa shape index (κ3) is 5.62. The van der Waals surface area contributed by atoms with Gasteiger partial charge >= 0.3 is 0 Å². The summed E-state index contributed by atoms with van der Waals surface area (Å²) < 4.78 is 27.9. The van der Waals surface area contributed by atoms with Crippen molar-refractivity contribution in [1.29, 1.82) is 0 Å². The number of carbonyl (C=O) groups excluding carboxylic acids is 2. The molecule has 0 aliphatic heterocycles. The van der Waals surface area contributed by atoms with Crippen molar-refractivity contribution in [3.8, 4) is 0 Å². The fourth-order valence-electron chi connectivity index (χ4n) is 2.29. The van der Waals surface area contributed by atoms with Gasteiger partial charge < -0.3 is 10.6 Å². The van der Waals surface area contributed by atoms with Crippen molar-refractivity contribution in [3.05, 3.63) is 58.6 Å². The summed E-state index contributed by atoms with van der Waals surface area (Å²) in [5, 5.41) is 5.15. The molecule has 2 aromatic rings. The molecule has 142 valence electrons. The van der Waals surface area contributed by atoms with Crippen molar-refractivity contribution in [2.45, 2.75) is 23.8 Å². The Morgan fingerprint density at radius 1 is 1.07 bits per heavy atom. The molecule has 0 unspecified atom stereocenters. The third-order valence-electron chi connectivity index (χ3n) is 3.84. The van der Waals surface area contributed by atoms with Gasteiger partial charge in [0.2, 0.25) is 15.9 Å². The van der Waals surface area contributed by atoms with Crippen LogP contribution in [0.5, 0.6) is 0 Å². The van der Waals surface area contributed by atoms with Crippen molar-refractivity contribution in [3.63, 3.8) is 0 Å². The summed E-state index contributed by atoms with van der Waals surface area (Å²) in [7, 11) is -3.64. The van der Waals surface area contributed by atoms with E-state index in [4.69, 9.17) is 0 Å². The van der Waals surface area contributed by atoms with Crippen LogP contribution in [-0.2, 0) is 14.8 Å². The Bertz CT molecular complexity index is 957. The molecule has 27 heavy (non-hydrogen) atoms. The van der Waals surface area contributed by atoms with Gasteiger partial charge in [0.15, 0.2) is 0 Å². The second kappa shape index (κ2) is 8.20. The van der Waals surface area contributed by atoms with Crippen LogP contribution in [0.15, 0.2) is 57.9 Å². The number of hydrogen-bond acceptors (Lipinski definition) is 4. The van der Waals surface area contributed by atoms with Gasteiger partial charge in [-0.3, -0.25) is 9.59 Å². The van der Waals surface area contributed by atoms with E-state index in [9.17, 15) is 18.0 Å². The Morgan fingerprint density at radius 3 is 2.44 bits per heavy atom. The molecular formula is C18H18BrN3O4S. The first-order valence-corrected chi connectivity index (χ1v) is 10.6. The molecule has 2 amide bonds. The molecule has 0 aromatic heterocycles. The zero-order valence-electron chi connectivity index (χ0n) is 14.2. The van der Waals surface area contributed by atoms with Gasteiger partial charge in [0, 0.05) is 21.8 Å². The van der Waals surface area contributed by atoms with Crippen molar-refractivity contribution >= 4 is 43.5 Å². The number of anilines is 1. The second-order valence-electron chi connectivity index (χ2n) is 6.16. The van der Waals surface area contributed by atoms with E-state index in [0.717, 1.165) is 17.3 Å². The predicted molar refractivity (Wildman–Crippen MR) is 105 cm³/mol. The average Bonchev–Trinajstić information content (AvgIpc) is 3.45. The second-order valence-corrected chi connectivity index (χ2v) is 8.79.